The molecule has 0 radical (unpaired) electrons. The Hall–Kier alpha value is -2.07. The van der Waals surface area contributed by atoms with E-state index in [0.29, 0.717) is 36.1 Å². The van der Waals surface area contributed by atoms with Gasteiger partial charge in [0.15, 0.2) is 0 Å². The first-order valence-corrected chi connectivity index (χ1v) is 8.59. The van der Waals surface area contributed by atoms with Gasteiger partial charge < -0.3 is 10.1 Å². The van der Waals surface area contributed by atoms with Gasteiger partial charge in [-0.15, -0.1) is 0 Å². The molecule has 0 unspecified atom stereocenters. The third kappa shape index (κ3) is 4.48. The van der Waals surface area contributed by atoms with Crippen molar-refractivity contribution in [1.29, 1.82) is 0 Å². The maximum atomic E-state index is 12.0. The van der Waals surface area contributed by atoms with E-state index in [4.69, 9.17) is 16.3 Å². The van der Waals surface area contributed by atoms with Crippen molar-refractivity contribution in [1.82, 2.24) is 10.3 Å². The van der Waals surface area contributed by atoms with E-state index in [0.717, 1.165) is 12.0 Å². The van der Waals surface area contributed by atoms with E-state index in [-0.39, 0.29) is 11.9 Å². The fourth-order valence-corrected chi connectivity index (χ4v) is 3.02. The first-order chi connectivity index (χ1) is 11.6. The number of carbonyl (C=O) groups is 1. The van der Waals surface area contributed by atoms with Crippen molar-refractivity contribution in [2.24, 2.45) is 0 Å². The van der Waals surface area contributed by atoms with E-state index in [1.54, 1.807) is 6.20 Å². The summed E-state index contributed by atoms with van der Waals surface area (Å²) in [6.07, 6.45) is 5.75. The lowest BCUT2D eigenvalue weighted by molar-refractivity contribution is -0.121. The number of hydrogen-bond donors (Lipinski definition) is 1. The lowest BCUT2D eigenvalue weighted by Crippen LogP contribution is -2.26. The molecule has 1 amide bonds. The highest BCUT2D eigenvalue weighted by molar-refractivity contribution is 6.32. The fourth-order valence-electron chi connectivity index (χ4n) is 2.73. The molecule has 1 aliphatic carbocycles. The molecule has 1 aromatic carbocycles. The van der Waals surface area contributed by atoms with Crippen molar-refractivity contribution in [3.63, 3.8) is 0 Å². The molecule has 2 atom stereocenters. The molecule has 3 rings (SSSR count). The van der Waals surface area contributed by atoms with Gasteiger partial charge in [-0.1, -0.05) is 23.7 Å². The number of rotatable bonds is 7. The molecule has 0 aliphatic heterocycles. The van der Waals surface area contributed by atoms with Crippen molar-refractivity contribution < 1.29 is 9.53 Å². The van der Waals surface area contributed by atoms with Gasteiger partial charge in [0.25, 0.3) is 0 Å². The molecule has 1 aliphatic rings. The van der Waals surface area contributed by atoms with Crippen LogP contribution in [0.25, 0.3) is 0 Å². The van der Waals surface area contributed by atoms with Gasteiger partial charge in [-0.25, -0.2) is 0 Å². The Labute approximate surface area is 147 Å². The predicted molar refractivity (Wildman–Crippen MR) is 94.4 cm³/mol. The summed E-state index contributed by atoms with van der Waals surface area (Å²) in [7, 11) is 0. The van der Waals surface area contributed by atoms with Gasteiger partial charge in [0, 0.05) is 30.8 Å². The van der Waals surface area contributed by atoms with Crippen LogP contribution in [0.15, 0.2) is 42.7 Å². The SMILES string of the molecule is Cc1ccc(OCCCC(=O)N[C@@H]2C[C@H]2c2cccnc2)c(Cl)c1. The molecule has 1 fully saturated rings. The Kier molecular flexibility index (Phi) is 5.36. The molecule has 0 saturated heterocycles. The van der Waals surface area contributed by atoms with Gasteiger partial charge in [0.05, 0.1) is 11.6 Å². The lowest BCUT2D eigenvalue weighted by atomic mass is 10.2. The van der Waals surface area contributed by atoms with E-state index in [1.807, 2.05) is 37.4 Å². The second-order valence-corrected chi connectivity index (χ2v) is 6.60. The molecule has 2 aromatic rings. The number of nitrogens with one attached hydrogen (secondary N) is 1. The van der Waals surface area contributed by atoms with Gasteiger partial charge >= 0.3 is 0 Å². The molecule has 1 heterocycles. The minimum atomic E-state index is 0.0741. The molecular weight excluding hydrogens is 324 g/mol. The van der Waals surface area contributed by atoms with Crippen LogP contribution in [-0.4, -0.2) is 23.5 Å². The van der Waals surface area contributed by atoms with E-state index in [9.17, 15) is 4.79 Å². The molecule has 1 N–H and O–H groups in total. The Bertz CT molecular complexity index is 706. The summed E-state index contributed by atoms with van der Waals surface area (Å²) in [5, 5.41) is 3.68. The van der Waals surface area contributed by atoms with Gasteiger partial charge in [-0.2, -0.15) is 0 Å². The third-order valence-electron chi connectivity index (χ3n) is 4.14. The average Bonchev–Trinajstić information content (AvgIpc) is 3.33. The number of carbonyl (C=O) groups excluding carboxylic acids is 1. The largest absolute Gasteiger partial charge is 0.492 e. The highest BCUT2D eigenvalue weighted by Gasteiger charge is 2.39. The summed E-state index contributed by atoms with van der Waals surface area (Å²) < 4.78 is 5.63. The first-order valence-electron chi connectivity index (χ1n) is 8.22. The fraction of sp³-hybridized carbons (Fsp3) is 0.368. The average molecular weight is 345 g/mol. The van der Waals surface area contributed by atoms with Crippen LogP contribution < -0.4 is 10.1 Å². The van der Waals surface area contributed by atoms with Crippen molar-refractivity contribution in [3.05, 3.63) is 58.9 Å². The number of benzene rings is 1. The van der Waals surface area contributed by atoms with Crippen molar-refractivity contribution >= 4 is 17.5 Å². The van der Waals surface area contributed by atoms with Crippen LogP contribution in [-0.2, 0) is 4.79 Å². The Morgan fingerprint density at radius 3 is 3.04 bits per heavy atom. The Morgan fingerprint density at radius 2 is 2.29 bits per heavy atom. The summed E-state index contributed by atoms with van der Waals surface area (Å²) in [5.74, 6) is 1.15. The summed E-state index contributed by atoms with van der Waals surface area (Å²) >= 11 is 6.11. The highest BCUT2D eigenvalue weighted by atomic mass is 35.5. The third-order valence-corrected chi connectivity index (χ3v) is 4.44. The minimum absolute atomic E-state index is 0.0741. The molecule has 24 heavy (non-hydrogen) atoms. The van der Waals surface area contributed by atoms with Gasteiger partial charge in [0.1, 0.15) is 5.75 Å². The first kappa shape index (κ1) is 16.8. The van der Waals surface area contributed by atoms with Crippen LogP contribution in [0.4, 0.5) is 0 Å². The summed E-state index contributed by atoms with van der Waals surface area (Å²) in [4.78, 5) is 16.1. The summed E-state index contributed by atoms with van der Waals surface area (Å²) in [5.41, 5.74) is 2.29. The number of aromatic nitrogens is 1. The Morgan fingerprint density at radius 1 is 1.42 bits per heavy atom. The number of ether oxygens (including phenoxy) is 1. The topological polar surface area (TPSA) is 51.2 Å². The predicted octanol–water partition coefficient (Wildman–Crippen LogP) is 3.87. The number of hydrogen-bond acceptors (Lipinski definition) is 3. The van der Waals surface area contributed by atoms with Crippen LogP contribution in [0.1, 0.15) is 36.3 Å². The number of nitrogens with zero attached hydrogens (tertiary/aromatic N) is 1. The van der Waals surface area contributed by atoms with Crippen molar-refractivity contribution in [3.8, 4) is 5.75 Å². The normalized spacial score (nSPS) is 18.9. The molecule has 0 bridgehead atoms. The zero-order valence-electron chi connectivity index (χ0n) is 13.7. The quantitative estimate of drug-likeness (QED) is 0.775. The zero-order chi connectivity index (χ0) is 16.9. The molecule has 5 heteroatoms. The molecule has 0 spiro atoms. The number of aryl methyl sites for hydroxylation is 1. The second kappa shape index (κ2) is 7.67. The van der Waals surface area contributed by atoms with Crippen LogP contribution in [0, 0.1) is 6.92 Å². The van der Waals surface area contributed by atoms with Crippen molar-refractivity contribution in [2.45, 2.75) is 38.1 Å². The van der Waals surface area contributed by atoms with Crippen LogP contribution in [0.5, 0.6) is 5.75 Å². The monoisotopic (exact) mass is 344 g/mol. The van der Waals surface area contributed by atoms with Crippen LogP contribution in [0.2, 0.25) is 5.02 Å². The van der Waals surface area contributed by atoms with Crippen molar-refractivity contribution in [2.75, 3.05) is 6.61 Å². The molecule has 1 saturated carbocycles. The highest BCUT2D eigenvalue weighted by Crippen LogP contribution is 2.40. The molecule has 126 valence electrons. The number of pyridine rings is 1. The number of amides is 1. The van der Waals surface area contributed by atoms with Crippen LogP contribution in [0.3, 0.4) is 0 Å². The smallest absolute Gasteiger partial charge is 0.220 e. The standard InChI is InChI=1S/C19H21ClN2O2/c1-13-6-7-18(16(20)10-13)24-9-3-5-19(23)22-17-11-15(17)14-4-2-8-21-12-14/h2,4,6-8,10,12,15,17H,3,5,9,11H2,1H3,(H,22,23)/t15-,17+/m0/s1. The van der Waals surface area contributed by atoms with Crippen LogP contribution >= 0.6 is 11.6 Å². The van der Waals surface area contributed by atoms with E-state index in [1.165, 1.54) is 5.56 Å². The summed E-state index contributed by atoms with van der Waals surface area (Å²) in [6, 6.07) is 9.92. The molecular formula is C19H21ClN2O2. The maximum Gasteiger partial charge on any atom is 0.220 e. The maximum absolute atomic E-state index is 12.0. The van der Waals surface area contributed by atoms with E-state index in [2.05, 4.69) is 16.4 Å². The zero-order valence-corrected chi connectivity index (χ0v) is 14.4. The molecule has 1 aromatic heterocycles. The minimum Gasteiger partial charge on any atom is -0.492 e. The number of halogens is 1. The van der Waals surface area contributed by atoms with Gasteiger partial charge in [0.2, 0.25) is 5.91 Å². The lowest BCUT2D eigenvalue weighted by Gasteiger charge is -2.09. The van der Waals surface area contributed by atoms with Gasteiger partial charge in [-0.3, -0.25) is 9.78 Å². The van der Waals surface area contributed by atoms with E-state index < -0.39 is 0 Å². The molecule has 4 nitrogen and oxygen atoms in total. The second-order valence-electron chi connectivity index (χ2n) is 6.19. The van der Waals surface area contributed by atoms with Gasteiger partial charge in [-0.05, 0) is 49.1 Å². The Balaban J connectivity index is 1.35. The van der Waals surface area contributed by atoms with E-state index >= 15 is 0 Å². The summed E-state index contributed by atoms with van der Waals surface area (Å²) in [6.45, 7) is 2.46.